The van der Waals surface area contributed by atoms with Crippen molar-refractivity contribution in [3.63, 3.8) is 0 Å². The molecule has 92 valence electrons. The molecule has 1 aromatic carbocycles. The van der Waals surface area contributed by atoms with Crippen molar-refractivity contribution in [2.45, 2.75) is 36.0 Å². The summed E-state index contributed by atoms with van der Waals surface area (Å²) < 4.78 is 0. The molecule has 4 heteroatoms. The van der Waals surface area contributed by atoms with Gasteiger partial charge in [-0.3, -0.25) is 4.79 Å². The van der Waals surface area contributed by atoms with Crippen LogP contribution in [-0.4, -0.2) is 22.4 Å². The summed E-state index contributed by atoms with van der Waals surface area (Å²) in [6, 6.07) is 5.23. The Morgan fingerprint density at radius 2 is 2.00 bits per heavy atom. The standard InChI is InChI=1S/C13H16O3S/c1-17-9-4-5-11(14)10(8-9)13(12(15)16)6-2-3-7-13/h4-5,8,14H,2-3,6-7H2,1H3,(H,15,16). The SMILES string of the molecule is CSc1ccc(O)c(C2(C(=O)O)CCCC2)c1. The van der Waals surface area contributed by atoms with Gasteiger partial charge in [0.2, 0.25) is 0 Å². The number of hydrogen-bond acceptors (Lipinski definition) is 3. The van der Waals surface area contributed by atoms with Gasteiger partial charge in [0.25, 0.3) is 0 Å². The Morgan fingerprint density at radius 1 is 1.35 bits per heavy atom. The number of phenolic OH excluding ortho intramolecular Hbond substituents is 1. The molecule has 0 spiro atoms. The van der Waals surface area contributed by atoms with E-state index in [9.17, 15) is 15.0 Å². The van der Waals surface area contributed by atoms with Crippen molar-refractivity contribution in [2.24, 2.45) is 0 Å². The molecule has 2 N–H and O–H groups in total. The lowest BCUT2D eigenvalue weighted by Crippen LogP contribution is -2.32. The predicted octanol–water partition coefficient (Wildman–Crippen LogP) is 3.01. The number of aliphatic carboxylic acids is 1. The summed E-state index contributed by atoms with van der Waals surface area (Å²) in [7, 11) is 0. The van der Waals surface area contributed by atoms with Crippen LogP contribution < -0.4 is 0 Å². The summed E-state index contributed by atoms with van der Waals surface area (Å²) >= 11 is 1.56. The van der Waals surface area contributed by atoms with Crippen molar-refractivity contribution < 1.29 is 15.0 Å². The summed E-state index contributed by atoms with van der Waals surface area (Å²) in [5.41, 5.74) is -0.301. The molecule has 0 aromatic heterocycles. The van der Waals surface area contributed by atoms with Gasteiger partial charge in [0.05, 0.1) is 5.41 Å². The largest absolute Gasteiger partial charge is 0.508 e. The van der Waals surface area contributed by atoms with Crippen LogP contribution in [0.4, 0.5) is 0 Å². The van der Waals surface area contributed by atoms with E-state index in [4.69, 9.17) is 0 Å². The van der Waals surface area contributed by atoms with Gasteiger partial charge in [-0.05, 0) is 37.3 Å². The smallest absolute Gasteiger partial charge is 0.314 e. The third-order valence-corrected chi connectivity index (χ3v) is 4.31. The van der Waals surface area contributed by atoms with Crippen molar-refractivity contribution >= 4 is 17.7 Å². The molecular weight excluding hydrogens is 236 g/mol. The molecule has 17 heavy (non-hydrogen) atoms. The summed E-state index contributed by atoms with van der Waals surface area (Å²) in [6.45, 7) is 0. The van der Waals surface area contributed by atoms with Gasteiger partial charge < -0.3 is 10.2 Å². The highest BCUT2D eigenvalue weighted by atomic mass is 32.2. The van der Waals surface area contributed by atoms with E-state index in [0.29, 0.717) is 18.4 Å². The van der Waals surface area contributed by atoms with Crippen LogP contribution in [0.1, 0.15) is 31.2 Å². The second-order valence-corrected chi connectivity index (χ2v) is 5.36. The highest BCUT2D eigenvalue weighted by molar-refractivity contribution is 7.98. The first-order valence-electron chi connectivity index (χ1n) is 5.71. The lowest BCUT2D eigenvalue weighted by Gasteiger charge is -2.25. The molecule has 1 saturated carbocycles. The molecule has 0 bridgehead atoms. The van der Waals surface area contributed by atoms with Crippen molar-refractivity contribution in [1.29, 1.82) is 0 Å². The summed E-state index contributed by atoms with van der Waals surface area (Å²) in [6.07, 6.45) is 5.00. The van der Waals surface area contributed by atoms with Crippen LogP contribution in [-0.2, 0) is 10.2 Å². The summed E-state index contributed by atoms with van der Waals surface area (Å²) in [5.74, 6) is -0.712. The normalized spacial score (nSPS) is 18.2. The number of carboxylic acids is 1. The van der Waals surface area contributed by atoms with E-state index < -0.39 is 11.4 Å². The molecular formula is C13H16O3S. The molecule has 1 aliphatic carbocycles. The van der Waals surface area contributed by atoms with Gasteiger partial charge in [-0.2, -0.15) is 0 Å². The van der Waals surface area contributed by atoms with Crippen LogP contribution in [0, 0.1) is 0 Å². The Kier molecular flexibility index (Phi) is 3.33. The van der Waals surface area contributed by atoms with E-state index >= 15 is 0 Å². The van der Waals surface area contributed by atoms with Crippen LogP contribution >= 0.6 is 11.8 Å². The average Bonchev–Trinajstić information content (AvgIpc) is 2.80. The Bertz CT molecular complexity index is 436. The predicted molar refractivity (Wildman–Crippen MR) is 67.7 cm³/mol. The zero-order valence-corrected chi connectivity index (χ0v) is 10.6. The Hall–Kier alpha value is -1.16. The minimum absolute atomic E-state index is 0.104. The van der Waals surface area contributed by atoms with Crippen molar-refractivity contribution in [3.05, 3.63) is 23.8 Å². The zero-order valence-electron chi connectivity index (χ0n) is 9.77. The maximum atomic E-state index is 11.6. The number of hydrogen-bond donors (Lipinski definition) is 2. The second-order valence-electron chi connectivity index (χ2n) is 4.48. The summed E-state index contributed by atoms with van der Waals surface area (Å²) in [4.78, 5) is 12.5. The third kappa shape index (κ3) is 2.02. The minimum Gasteiger partial charge on any atom is -0.508 e. The molecule has 0 atom stereocenters. The summed E-state index contributed by atoms with van der Waals surface area (Å²) in [5, 5.41) is 19.4. The molecule has 1 aromatic rings. The molecule has 1 fully saturated rings. The van der Waals surface area contributed by atoms with E-state index in [1.807, 2.05) is 18.4 Å². The molecule has 0 radical (unpaired) electrons. The molecule has 2 rings (SSSR count). The first kappa shape index (κ1) is 12.3. The van der Waals surface area contributed by atoms with E-state index in [1.165, 1.54) is 0 Å². The van der Waals surface area contributed by atoms with Crippen molar-refractivity contribution in [3.8, 4) is 5.75 Å². The molecule has 1 aliphatic rings. The van der Waals surface area contributed by atoms with Gasteiger partial charge >= 0.3 is 5.97 Å². The van der Waals surface area contributed by atoms with E-state index in [2.05, 4.69) is 0 Å². The number of rotatable bonds is 3. The van der Waals surface area contributed by atoms with Crippen LogP contribution in [0.2, 0.25) is 0 Å². The third-order valence-electron chi connectivity index (χ3n) is 3.59. The quantitative estimate of drug-likeness (QED) is 0.812. The lowest BCUT2D eigenvalue weighted by atomic mass is 9.78. The van der Waals surface area contributed by atoms with Crippen molar-refractivity contribution in [1.82, 2.24) is 0 Å². The number of carboxylic acid groups (broad SMARTS) is 1. The Morgan fingerprint density at radius 3 is 2.53 bits per heavy atom. The fourth-order valence-electron chi connectivity index (χ4n) is 2.60. The van der Waals surface area contributed by atoms with Crippen molar-refractivity contribution in [2.75, 3.05) is 6.26 Å². The average molecular weight is 252 g/mol. The monoisotopic (exact) mass is 252 g/mol. The van der Waals surface area contributed by atoms with Crippen LogP contribution in [0.5, 0.6) is 5.75 Å². The zero-order chi connectivity index (χ0) is 12.5. The second kappa shape index (κ2) is 4.61. The van der Waals surface area contributed by atoms with E-state index in [1.54, 1.807) is 17.8 Å². The Balaban J connectivity index is 2.53. The first-order chi connectivity index (χ1) is 8.10. The molecule has 0 heterocycles. The molecule has 0 unspecified atom stereocenters. The van der Waals surface area contributed by atoms with Gasteiger partial charge in [0.1, 0.15) is 5.75 Å². The molecule has 0 amide bonds. The fourth-order valence-corrected chi connectivity index (χ4v) is 3.04. The first-order valence-corrected chi connectivity index (χ1v) is 6.93. The van der Waals surface area contributed by atoms with Gasteiger partial charge in [0, 0.05) is 10.5 Å². The van der Waals surface area contributed by atoms with E-state index in [0.717, 1.165) is 17.7 Å². The Labute approximate surface area is 105 Å². The van der Waals surface area contributed by atoms with Crippen LogP contribution in [0.25, 0.3) is 0 Å². The maximum absolute atomic E-state index is 11.6. The lowest BCUT2D eigenvalue weighted by molar-refractivity contribution is -0.143. The van der Waals surface area contributed by atoms with Gasteiger partial charge in [0.15, 0.2) is 0 Å². The van der Waals surface area contributed by atoms with Crippen LogP contribution in [0.3, 0.4) is 0 Å². The topological polar surface area (TPSA) is 57.5 Å². The number of thioether (sulfide) groups is 1. The number of aromatic hydroxyl groups is 1. The van der Waals surface area contributed by atoms with Gasteiger partial charge in [-0.25, -0.2) is 0 Å². The van der Waals surface area contributed by atoms with Gasteiger partial charge in [-0.15, -0.1) is 11.8 Å². The highest BCUT2D eigenvalue weighted by Gasteiger charge is 2.44. The number of carbonyl (C=O) groups is 1. The molecule has 3 nitrogen and oxygen atoms in total. The minimum atomic E-state index is -0.879. The fraction of sp³-hybridized carbons (Fsp3) is 0.462. The highest BCUT2D eigenvalue weighted by Crippen LogP contribution is 2.45. The molecule has 0 saturated heterocycles. The van der Waals surface area contributed by atoms with E-state index in [-0.39, 0.29) is 5.75 Å². The number of phenols is 1. The van der Waals surface area contributed by atoms with Crippen LogP contribution in [0.15, 0.2) is 23.1 Å². The number of benzene rings is 1. The van der Waals surface area contributed by atoms with Gasteiger partial charge in [-0.1, -0.05) is 12.8 Å². The maximum Gasteiger partial charge on any atom is 0.314 e. The molecule has 0 aliphatic heterocycles.